The van der Waals surface area contributed by atoms with E-state index in [1.54, 1.807) is 18.4 Å². The van der Waals surface area contributed by atoms with Crippen LogP contribution in [0, 0.1) is 0 Å². The van der Waals surface area contributed by atoms with Crippen LogP contribution in [0.5, 0.6) is 0 Å². The summed E-state index contributed by atoms with van der Waals surface area (Å²) in [6.07, 6.45) is 3.86. The Bertz CT molecular complexity index is 932. The van der Waals surface area contributed by atoms with E-state index in [1.807, 2.05) is 6.20 Å². The quantitative estimate of drug-likeness (QED) is 0.471. The second-order valence-corrected chi connectivity index (χ2v) is 8.87. The van der Waals surface area contributed by atoms with E-state index >= 15 is 0 Å². The zero-order valence-corrected chi connectivity index (χ0v) is 19.5. The average molecular weight is 441 g/mol. The highest BCUT2D eigenvalue weighted by Crippen LogP contribution is 2.27. The first-order chi connectivity index (χ1) is 15.2. The molecule has 0 bridgehead atoms. The molecule has 0 amide bonds. The standard InChI is InChI=1S/C23H32N6OS/c1-4-19-6-8-20(9-7-19)21-25-26-23(29(21)11-5-16-30-3)28-14-12-27(13-15-28)18(2)22-24-10-17-31-22/h6-10,17-18H,4-5,11-16H2,1-3H3. The fraction of sp³-hybridized carbons (Fsp3) is 0.522. The van der Waals surface area contributed by atoms with Crippen molar-refractivity contribution in [1.29, 1.82) is 0 Å². The van der Waals surface area contributed by atoms with E-state index < -0.39 is 0 Å². The predicted molar refractivity (Wildman–Crippen MR) is 126 cm³/mol. The monoisotopic (exact) mass is 440 g/mol. The Morgan fingerprint density at radius 1 is 1.10 bits per heavy atom. The van der Waals surface area contributed by atoms with Gasteiger partial charge in [-0.2, -0.15) is 0 Å². The molecule has 1 fully saturated rings. The van der Waals surface area contributed by atoms with Gasteiger partial charge in [0.2, 0.25) is 5.95 Å². The molecule has 1 aromatic carbocycles. The SMILES string of the molecule is CCc1ccc(-c2nnc(N3CCN(C(C)c4nccs4)CC3)n2CCCOC)cc1. The fourth-order valence-corrected chi connectivity index (χ4v) is 4.84. The molecule has 0 saturated carbocycles. The van der Waals surface area contributed by atoms with E-state index in [-0.39, 0.29) is 0 Å². The maximum Gasteiger partial charge on any atom is 0.227 e. The Balaban J connectivity index is 1.51. The number of aromatic nitrogens is 4. The van der Waals surface area contributed by atoms with E-state index in [0.717, 1.165) is 69.5 Å². The number of methoxy groups -OCH3 is 1. The van der Waals surface area contributed by atoms with Gasteiger partial charge in [-0.25, -0.2) is 4.98 Å². The zero-order valence-electron chi connectivity index (χ0n) is 18.7. The minimum atomic E-state index is 0.356. The third-order valence-electron chi connectivity index (χ3n) is 6.04. The Hall–Kier alpha value is -2.29. The van der Waals surface area contributed by atoms with E-state index in [4.69, 9.17) is 4.74 Å². The fourth-order valence-electron chi connectivity index (χ4n) is 4.11. The topological polar surface area (TPSA) is 59.3 Å². The van der Waals surface area contributed by atoms with Gasteiger partial charge in [-0.15, -0.1) is 21.5 Å². The molecule has 2 aromatic heterocycles. The first-order valence-corrected chi connectivity index (χ1v) is 12.0. The molecule has 1 saturated heterocycles. The van der Waals surface area contributed by atoms with Crippen molar-refractivity contribution in [3.63, 3.8) is 0 Å². The molecule has 0 aliphatic carbocycles. The van der Waals surface area contributed by atoms with Crippen LogP contribution in [0.4, 0.5) is 5.95 Å². The molecular formula is C23H32N6OS. The molecule has 31 heavy (non-hydrogen) atoms. The molecule has 4 rings (SSSR count). The molecule has 1 unspecified atom stereocenters. The summed E-state index contributed by atoms with van der Waals surface area (Å²) in [5.74, 6) is 1.90. The van der Waals surface area contributed by atoms with Gasteiger partial charge in [0.1, 0.15) is 5.01 Å². The zero-order chi connectivity index (χ0) is 21.6. The van der Waals surface area contributed by atoms with Gasteiger partial charge in [0.25, 0.3) is 0 Å². The minimum absolute atomic E-state index is 0.356. The number of ether oxygens (including phenoxy) is 1. The lowest BCUT2D eigenvalue weighted by molar-refractivity contribution is 0.189. The van der Waals surface area contributed by atoms with Crippen molar-refractivity contribution in [2.24, 2.45) is 0 Å². The van der Waals surface area contributed by atoms with Crippen molar-refractivity contribution in [1.82, 2.24) is 24.6 Å². The molecule has 3 heterocycles. The summed E-state index contributed by atoms with van der Waals surface area (Å²) >= 11 is 1.73. The van der Waals surface area contributed by atoms with Crippen LogP contribution >= 0.6 is 11.3 Å². The summed E-state index contributed by atoms with van der Waals surface area (Å²) in [4.78, 5) is 9.37. The molecule has 7 nitrogen and oxygen atoms in total. The van der Waals surface area contributed by atoms with Gasteiger partial charge < -0.3 is 9.64 Å². The third kappa shape index (κ3) is 4.97. The molecule has 3 aromatic rings. The number of hydrogen-bond acceptors (Lipinski definition) is 7. The molecule has 1 aliphatic rings. The van der Waals surface area contributed by atoms with Crippen LogP contribution in [-0.2, 0) is 17.7 Å². The largest absolute Gasteiger partial charge is 0.385 e. The van der Waals surface area contributed by atoms with E-state index in [9.17, 15) is 0 Å². The number of piperazine rings is 1. The van der Waals surface area contributed by atoms with Gasteiger partial charge in [0, 0.05) is 63.6 Å². The molecule has 0 spiro atoms. The van der Waals surface area contributed by atoms with Gasteiger partial charge in [-0.3, -0.25) is 9.47 Å². The van der Waals surface area contributed by atoms with Gasteiger partial charge in [0.05, 0.1) is 6.04 Å². The van der Waals surface area contributed by atoms with Crippen molar-refractivity contribution in [3.05, 3.63) is 46.4 Å². The average Bonchev–Trinajstić information content (AvgIpc) is 3.50. The summed E-state index contributed by atoms with van der Waals surface area (Å²) in [6, 6.07) is 9.04. The Labute approximate surface area is 188 Å². The Kier molecular flexibility index (Phi) is 7.32. The highest BCUT2D eigenvalue weighted by atomic mass is 32.1. The number of rotatable bonds is 9. The van der Waals surface area contributed by atoms with E-state index in [2.05, 4.69) is 73.0 Å². The third-order valence-corrected chi connectivity index (χ3v) is 6.98. The summed E-state index contributed by atoms with van der Waals surface area (Å²) in [6.45, 7) is 9.86. The highest BCUT2D eigenvalue weighted by molar-refractivity contribution is 7.09. The molecule has 1 aliphatic heterocycles. The van der Waals surface area contributed by atoms with Crippen LogP contribution in [0.2, 0.25) is 0 Å². The number of hydrogen-bond donors (Lipinski definition) is 0. The van der Waals surface area contributed by atoms with Crippen LogP contribution in [0.15, 0.2) is 35.8 Å². The first kappa shape index (κ1) is 21.9. The predicted octanol–water partition coefficient (Wildman–Crippen LogP) is 3.88. The highest BCUT2D eigenvalue weighted by Gasteiger charge is 2.27. The molecule has 1 atom stereocenters. The minimum Gasteiger partial charge on any atom is -0.385 e. The Morgan fingerprint density at radius 3 is 2.52 bits per heavy atom. The lowest BCUT2D eigenvalue weighted by Gasteiger charge is -2.37. The summed E-state index contributed by atoms with van der Waals surface area (Å²) in [7, 11) is 1.75. The van der Waals surface area contributed by atoms with Gasteiger partial charge in [0.15, 0.2) is 5.82 Å². The van der Waals surface area contributed by atoms with Crippen LogP contribution < -0.4 is 4.90 Å². The summed E-state index contributed by atoms with van der Waals surface area (Å²) in [5.41, 5.74) is 2.45. The lowest BCUT2D eigenvalue weighted by atomic mass is 10.1. The molecule has 8 heteroatoms. The molecule has 0 radical (unpaired) electrons. The maximum absolute atomic E-state index is 5.30. The number of aryl methyl sites for hydroxylation is 1. The Morgan fingerprint density at radius 2 is 1.87 bits per heavy atom. The normalized spacial score (nSPS) is 16.0. The van der Waals surface area contributed by atoms with Gasteiger partial charge in [-0.1, -0.05) is 31.2 Å². The van der Waals surface area contributed by atoms with Crippen LogP contribution in [0.1, 0.15) is 36.9 Å². The molecular weight excluding hydrogens is 408 g/mol. The van der Waals surface area contributed by atoms with Crippen molar-refractivity contribution >= 4 is 17.3 Å². The van der Waals surface area contributed by atoms with Crippen molar-refractivity contribution in [2.75, 3.05) is 44.8 Å². The maximum atomic E-state index is 5.30. The molecule has 166 valence electrons. The number of thiazole rings is 1. The van der Waals surface area contributed by atoms with Crippen LogP contribution in [-0.4, -0.2) is 64.5 Å². The van der Waals surface area contributed by atoms with Crippen LogP contribution in [0.3, 0.4) is 0 Å². The van der Waals surface area contributed by atoms with Crippen LogP contribution in [0.25, 0.3) is 11.4 Å². The lowest BCUT2D eigenvalue weighted by Crippen LogP contribution is -2.48. The molecule has 0 N–H and O–H groups in total. The summed E-state index contributed by atoms with van der Waals surface area (Å²) in [5, 5.41) is 12.5. The second kappa shape index (κ2) is 10.3. The van der Waals surface area contributed by atoms with Gasteiger partial charge >= 0.3 is 0 Å². The number of anilines is 1. The number of benzene rings is 1. The van der Waals surface area contributed by atoms with E-state index in [1.165, 1.54) is 10.6 Å². The van der Waals surface area contributed by atoms with Crippen molar-refractivity contribution < 1.29 is 4.74 Å². The second-order valence-electron chi connectivity index (χ2n) is 7.94. The summed E-state index contributed by atoms with van der Waals surface area (Å²) < 4.78 is 7.56. The number of nitrogens with zero attached hydrogens (tertiary/aromatic N) is 6. The van der Waals surface area contributed by atoms with E-state index in [0.29, 0.717) is 6.04 Å². The van der Waals surface area contributed by atoms with Crippen molar-refractivity contribution in [2.45, 2.75) is 39.3 Å². The van der Waals surface area contributed by atoms with Gasteiger partial charge in [-0.05, 0) is 25.3 Å². The first-order valence-electron chi connectivity index (χ1n) is 11.1. The van der Waals surface area contributed by atoms with Crippen molar-refractivity contribution in [3.8, 4) is 11.4 Å². The smallest absolute Gasteiger partial charge is 0.227 e.